The maximum atomic E-state index is 12.7. The molecule has 0 spiro atoms. The molecule has 1 amide bonds. The number of fused-ring (bicyclic) bond motifs is 1. The van der Waals surface area contributed by atoms with Crippen LogP contribution in [0.5, 0.6) is 5.75 Å². The summed E-state index contributed by atoms with van der Waals surface area (Å²) >= 11 is 1.28. The third-order valence-electron chi connectivity index (χ3n) is 5.28. The second-order valence-corrected chi connectivity index (χ2v) is 11.4. The second kappa shape index (κ2) is 12.9. The van der Waals surface area contributed by atoms with Crippen molar-refractivity contribution >= 4 is 48.4 Å². The number of nitrogens with zero attached hydrogens (tertiary/aromatic N) is 1. The van der Waals surface area contributed by atoms with Crippen LogP contribution in [-0.2, 0) is 14.9 Å². The Bertz CT molecular complexity index is 1210. The van der Waals surface area contributed by atoms with Crippen LogP contribution in [-0.4, -0.2) is 32.4 Å². The van der Waals surface area contributed by atoms with E-state index in [2.05, 4.69) is 29.5 Å². The van der Waals surface area contributed by atoms with E-state index in [0.717, 1.165) is 49.0 Å². The van der Waals surface area contributed by atoms with Crippen molar-refractivity contribution in [3.8, 4) is 5.75 Å². The highest BCUT2D eigenvalue weighted by Crippen LogP contribution is 2.31. The number of aromatic nitrogens is 1. The van der Waals surface area contributed by atoms with Crippen molar-refractivity contribution in [3.63, 3.8) is 0 Å². The Morgan fingerprint density at radius 2 is 1.77 bits per heavy atom. The molecule has 0 bridgehead atoms. The van der Waals surface area contributed by atoms with Crippen LogP contribution in [0, 0.1) is 5.92 Å². The molecule has 0 saturated carbocycles. The van der Waals surface area contributed by atoms with Gasteiger partial charge >= 0.3 is 10.1 Å². The number of hydrogen-bond donors (Lipinski definition) is 3. The van der Waals surface area contributed by atoms with E-state index in [4.69, 9.17) is 9.92 Å². The Morgan fingerprint density at radius 3 is 2.49 bits per heavy atom. The number of thiazole rings is 1. The van der Waals surface area contributed by atoms with E-state index in [-0.39, 0.29) is 16.6 Å². The smallest absolute Gasteiger partial charge is 0.339 e. The zero-order valence-corrected chi connectivity index (χ0v) is 21.9. The van der Waals surface area contributed by atoms with Gasteiger partial charge in [-0.25, -0.2) is 4.98 Å². The van der Waals surface area contributed by atoms with Gasteiger partial charge in [-0.2, -0.15) is 8.42 Å². The lowest BCUT2D eigenvalue weighted by Crippen LogP contribution is -2.11. The summed E-state index contributed by atoms with van der Waals surface area (Å²) in [5.41, 5.74) is 7.00. The van der Waals surface area contributed by atoms with E-state index >= 15 is 0 Å². The average Bonchev–Trinajstić information content (AvgIpc) is 3.21. The maximum Gasteiger partial charge on any atom is 0.339 e. The first-order chi connectivity index (χ1) is 16.8. The van der Waals surface area contributed by atoms with E-state index in [1.54, 1.807) is 30.3 Å². The Hall–Kier alpha value is -2.69. The molecule has 0 aliphatic carbocycles. The number of nitrogens with one attached hydrogen (secondary N) is 2. The van der Waals surface area contributed by atoms with Crippen LogP contribution in [0.3, 0.4) is 0 Å². The first kappa shape index (κ1) is 26.9. The molecule has 35 heavy (non-hydrogen) atoms. The van der Waals surface area contributed by atoms with E-state index in [1.807, 2.05) is 0 Å². The molecule has 0 atom stereocenters. The van der Waals surface area contributed by atoms with E-state index in [0.29, 0.717) is 29.5 Å². The number of nitrogens with two attached hydrogens (primary N) is 1. The predicted molar refractivity (Wildman–Crippen MR) is 143 cm³/mol. The van der Waals surface area contributed by atoms with Crippen molar-refractivity contribution in [2.45, 2.75) is 57.3 Å². The minimum atomic E-state index is -3.98. The number of hydrogen-bond acceptors (Lipinski definition) is 8. The molecule has 10 heteroatoms. The average molecular weight is 519 g/mol. The van der Waals surface area contributed by atoms with Gasteiger partial charge in [0.1, 0.15) is 10.6 Å². The number of rotatable bonds is 14. The summed E-state index contributed by atoms with van der Waals surface area (Å²) in [7, 11) is -3.98. The lowest BCUT2D eigenvalue weighted by Gasteiger charge is -2.10. The van der Waals surface area contributed by atoms with Crippen molar-refractivity contribution in [1.82, 2.24) is 4.98 Å². The van der Waals surface area contributed by atoms with E-state index in [1.165, 1.54) is 23.5 Å². The van der Waals surface area contributed by atoms with Gasteiger partial charge in [-0.3, -0.25) is 4.79 Å². The normalized spacial score (nSPS) is 11.7. The first-order valence-corrected chi connectivity index (χ1v) is 14.2. The molecule has 0 radical (unpaired) electrons. The van der Waals surface area contributed by atoms with Crippen molar-refractivity contribution in [2.75, 3.05) is 23.7 Å². The van der Waals surface area contributed by atoms with Gasteiger partial charge in [0.2, 0.25) is 5.91 Å². The SMILES string of the molecule is CC(C)CNc1ccc(S(=O)(=O)Oc2ccc3nc(NC(=O)CCCCCCCN)sc3c2)cc1. The van der Waals surface area contributed by atoms with Crippen LogP contribution in [0.4, 0.5) is 10.8 Å². The van der Waals surface area contributed by atoms with Gasteiger partial charge in [0.25, 0.3) is 0 Å². The van der Waals surface area contributed by atoms with Crippen molar-refractivity contribution < 1.29 is 17.4 Å². The zero-order valence-electron chi connectivity index (χ0n) is 20.2. The fourth-order valence-electron chi connectivity index (χ4n) is 3.39. The summed E-state index contributed by atoms with van der Waals surface area (Å²) in [6.45, 7) is 5.71. The molecular weight excluding hydrogens is 484 g/mol. The Balaban J connectivity index is 1.58. The number of benzene rings is 2. The van der Waals surface area contributed by atoms with Crippen LogP contribution in [0.15, 0.2) is 47.4 Å². The molecule has 1 heterocycles. The van der Waals surface area contributed by atoms with Crippen LogP contribution in [0.2, 0.25) is 0 Å². The lowest BCUT2D eigenvalue weighted by molar-refractivity contribution is -0.116. The third kappa shape index (κ3) is 8.48. The van der Waals surface area contributed by atoms with Gasteiger partial charge in [-0.05, 0) is 61.7 Å². The van der Waals surface area contributed by atoms with Gasteiger partial charge in [0, 0.05) is 24.7 Å². The zero-order chi connectivity index (χ0) is 25.3. The fourth-order valence-corrected chi connectivity index (χ4v) is 5.22. The molecule has 0 fully saturated rings. The molecule has 4 N–H and O–H groups in total. The van der Waals surface area contributed by atoms with Gasteiger partial charge in [-0.15, -0.1) is 0 Å². The topological polar surface area (TPSA) is 123 Å². The summed E-state index contributed by atoms with van der Waals surface area (Å²) in [5, 5.41) is 6.57. The van der Waals surface area contributed by atoms with E-state index < -0.39 is 10.1 Å². The lowest BCUT2D eigenvalue weighted by atomic mass is 10.1. The molecule has 3 aromatic rings. The summed E-state index contributed by atoms with van der Waals surface area (Å²) in [4.78, 5) is 16.7. The molecule has 0 aliphatic rings. The largest absolute Gasteiger partial charge is 0.385 e. The third-order valence-corrected chi connectivity index (χ3v) is 7.47. The molecule has 0 aliphatic heterocycles. The highest BCUT2D eigenvalue weighted by atomic mass is 32.2. The van der Waals surface area contributed by atoms with Gasteiger partial charge in [0.05, 0.1) is 10.2 Å². The summed E-state index contributed by atoms with van der Waals surface area (Å²) in [6.07, 6.45) is 5.46. The van der Waals surface area contributed by atoms with Gasteiger partial charge in [0.15, 0.2) is 5.13 Å². The molecule has 190 valence electrons. The quantitative estimate of drug-likeness (QED) is 0.194. The Kier molecular flexibility index (Phi) is 9.88. The molecular formula is C25H34N4O4S2. The van der Waals surface area contributed by atoms with Crippen LogP contribution in [0.25, 0.3) is 10.2 Å². The molecule has 8 nitrogen and oxygen atoms in total. The highest BCUT2D eigenvalue weighted by Gasteiger charge is 2.18. The fraction of sp³-hybridized carbons (Fsp3) is 0.440. The Morgan fingerprint density at radius 1 is 1.06 bits per heavy atom. The Labute approximate surface area is 211 Å². The second-order valence-electron chi connectivity index (χ2n) is 8.84. The number of unbranched alkanes of at least 4 members (excludes halogenated alkanes) is 4. The monoisotopic (exact) mass is 518 g/mol. The minimum Gasteiger partial charge on any atom is -0.385 e. The van der Waals surface area contributed by atoms with Crippen molar-refractivity contribution in [2.24, 2.45) is 11.7 Å². The number of anilines is 2. The predicted octanol–water partition coefficient (Wildman–Crippen LogP) is 5.37. The highest BCUT2D eigenvalue weighted by molar-refractivity contribution is 7.87. The standard InChI is InChI=1S/C25H34N4O4S2/c1-18(2)17-27-19-9-12-21(13-10-19)35(31,32)33-20-11-14-22-23(16-20)34-25(28-22)29-24(30)8-6-4-3-5-7-15-26/h9-14,16,18,27H,3-8,15,17,26H2,1-2H3,(H,28,29,30). The minimum absolute atomic E-state index is 0.0757. The maximum absolute atomic E-state index is 12.7. The van der Waals surface area contributed by atoms with Crippen LogP contribution >= 0.6 is 11.3 Å². The van der Waals surface area contributed by atoms with Crippen molar-refractivity contribution in [3.05, 3.63) is 42.5 Å². The summed E-state index contributed by atoms with van der Waals surface area (Å²) < 4.78 is 31.5. The van der Waals surface area contributed by atoms with E-state index in [9.17, 15) is 13.2 Å². The molecule has 1 aromatic heterocycles. The molecule has 2 aromatic carbocycles. The number of carbonyl (C=O) groups is 1. The van der Waals surface area contributed by atoms with Crippen LogP contribution < -0.4 is 20.6 Å². The molecule has 0 unspecified atom stereocenters. The van der Waals surface area contributed by atoms with Crippen LogP contribution in [0.1, 0.15) is 52.4 Å². The first-order valence-electron chi connectivity index (χ1n) is 12.0. The summed E-state index contributed by atoms with van der Waals surface area (Å²) in [6, 6.07) is 11.4. The molecule has 3 rings (SSSR count). The summed E-state index contributed by atoms with van der Waals surface area (Å²) in [5.74, 6) is 0.598. The number of amides is 1. The number of carbonyl (C=O) groups excluding carboxylic acids is 1. The molecule has 0 saturated heterocycles. The van der Waals surface area contributed by atoms with Gasteiger partial charge < -0.3 is 20.6 Å². The van der Waals surface area contributed by atoms with Crippen molar-refractivity contribution in [1.29, 1.82) is 0 Å². The van der Waals surface area contributed by atoms with Gasteiger partial charge in [-0.1, -0.05) is 44.4 Å².